The molecule has 0 atom stereocenters. The standard InChI is InChI=1S/C20H23ClN2O4/c1-14(2)11-12-26-18-6-4-3-5-17(18)20(25)23-22-19(24)13-27-16-9-7-15(21)8-10-16/h3-10,14H,11-13H2,1-2H3,(H,22,24)(H,23,25). The molecule has 2 rings (SSSR count). The van der Waals surface area contributed by atoms with Crippen molar-refractivity contribution in [3.8, 4) is 11.5 Å². The first-order valence-corrected chi connectivity index (χ1v) is 9.03. The SMILES string of the molecule is CC(C)CCOc1ccccc1C(=O)NNC(=O)COc1ccc(Cl)cc1. The summed E-state index contributed by atoms with van der Waals surface area (Å²) >= 11 is 5.78. The molecule has 2 aromatic carbocycles. The van der Waals surface area contributed by atoms with E-state index in [9.17, 15) is 9.59 Å². The lowest BCUT2D eigenvalue weighted by Gasteiger charge is -2.13. The van der Waals surface area contributed by atoms with Crippen LogP contribution in [0.4, 0.5) is 0 Å². The number of hydrogen-bond acceptors (Lipinski definition) is 4. The molecule has 27 heavy (non-hydrogen) atoms. The zero-order valence-electron chi connectivity index (χ0n) is 15.3. The second kappa shape index (κ2) is 10.4. The maximum absolute atomic E-state index is 12.3. The lowest BCUT2D eigenvalue weighted by atomic mass is 10.1. The van der Waals surface area contributed by atoms with Crippen LogP contribution >= 0.6 is 11.6 Å². The Morgan fingerprint density at radius 2 is 1.70 bits per heavy atom. The molecule has 144 valence electrons. The van der Waals surface area contributed by atoms with Gasteiger partial charge in [0.05, 0.1) is 12.2 Å². The Labute approximate surface area is 163 Å². The smallest absolute Gasteiger partial charge is 0.276 e. The third-order valence-electron chi connectivity index (χ3n) is 3.58. The fraction of sp³-hybridized carbons (Fsp3) is 0.300. The molecule has 0 spiro atoms. The highest BCUT2D eigenvalue weighted by atomic mass is 35.5. The fourth-order valence-electron chi connectivity index (χ4n) is 2.09. The number of carbonyl (C=O) groups is 2. The Hall–Kier alpha value is -2.73. The molecule has 0 fully saturated rings. The molecule has 0 bridgehead atoms. The van der Waals surface area contributed by atoms with E-state index in [0.717, 1.165) is 6.42 Å². The van der Waals surface area contributed by atoms with E-state index < -0.39 is 11.8 Å². The van der Waals surface area contributed by atoms with Gasteiger partial charge in [-0.3, -0.25) is 20.4 Å². The van der Waals surface area contributed by atoms with Crippen LogP contribution in [0.25, 0.3) is 0 Å². The minimum atomic E-state index is -0.489. The Bertz CT molecular complexity index is 763. The van der Waals surface area contributed by atoms with Crippen molar-refractivity contribution >= 4 is 23.4 Å². The van der Waals surface area contributed by atoms with Crippen LogP contribution in [0.1, 0.15) is 30.6 Å². The Morgan fingerprint density at radius 3 is 2.41 bits per heavy atom. The number of carbonyl (C=O) groups excluding carboxylic acids is 2. The molecular formula is C20H23ClN2O4. The van der Waals surface area contributed by atoms with Crippen LogP contribution in [0.5, 0.6) is 11.5 Å². The zero-order chi connectivity index (χ0) is 19.6. The van der Waals surface area contributed by atoms with Gasteiger partial charge in [0.25, 0.3) is 11.8 Å². The maximum atomic E-state index is 12.3. The summed E-state index contributed by atoms with van der Waals surface area (Å²) in [6.07, 6.45) is 0.884. The van der Waals surface area contributed by atoms with Crippen LogP contribution in [0.15, 0.2) is 48.5 Å². The van der Waals surface area contributed by atoms with Crippen molar-refractivity contribution in [1.29, 1.82) is 0 Å². The lowest BCUT2D eigenvalue weighted by Crippen LogP contribution is -2.43. The maximum Gasteiger partial charge on any atom is 0.276 e. The van der Waals surface area contributed by atoms with E-state index in [1.54, 1.807) is 48.5 Å². The Balaban J connectivity index is 1.82. The number of nitrogens with one attached hydrogen (secondary N) is 2. The molecule has 0 aromatic heterocycles. The molecular weight excluding hydrogens is 368 g/mol. The number of hydrazine groups is 1. The van der Waals surface area contributed by atoms with Gasteiger partial charge in [0.1, 0.15) is 11.5 Å². The van der Waals surface area contributed by atoms with Crippen LogP contribution in [-0.4, -0.2) is 25.0 Å². The van der Waals surface area contributed by atoms with E-state index in [1.807, 2.05) is 0 Å². The van der Waals surface area contributed by atoms with Gasteiger partial charge in [-0.2, -0.15) is 0 Å². The summed E-state index contributed by atoms with van der Waals surface area (Å²) in [5.41, 5.74) is 5.03. The number of para-hydroxylation sites is 1. The molecule has 0 saturated carbocycles. The Morgan fingerprint density at radius 1 is 1.00 bits per heavy atom. The number of hydrogen-bond donors (Lipinski definition) is 2. The second-order valence-electron chi connectivity index (χ2n) is 6.27. The highest BCUT2D eigenvalue weighted by Gasteiger charge is 2.13. The number of halogens is 1. The second-order valence-corrected chi connectivity index (χ2v) is 6.71. The Kier molecular flexibility index (Phi) is 7.95. The fourth-order valence-corrected chi connectivity index (χ4v) is 2.22. The molecule has 0 saturated heterocycles. The number of amides is 2. The summed E-state index contributed by atoms with van der Waals surface area (Å²) in [6, 6.07) is 13.5. The molecule has 2 N–H and O–H groups in total. The first-order valence-electron chi connectivity index (χ1n) is 8.65. The average molecular weight is 391 g/mol. The first kappa shape index (κ1) is 20.6. The third kappa shape index (κ3) is 7.19. The monoisotopic (exact) mass is 390 g/mol. The quantitative estimate of drug-likeness (QED) is 0.675. The van der Waals surface area contributed by atoms with Crippen molar-refractivity contribution in [3.05, 3.63) is 59.1 Å². The minimum Gasteiger partial charge on any atom is -0.493 e. The van der Waals surface area contributed by atoms with Crippen LogP contribution in [0.2, 0.25) is 5.02 Å². The first-order chi connectivity index (χ1) is 13.0. The summed E-state index contributed by atoms with van der Waals surface area (Å²) in [6.45, 7) is 4.48. The predicted octanol–water partition coefficient (Wildman–Crippen LogP) is 3.60. The molecule has 6 nitrogen and oxygen atoms in total. The van der Waals surface area contributed by atoms with E-state index in [0.29, 0.717) is 34.6 Å². The van der Waals surface area contributed by atoms with Crippen molar-refractivity contribution < 1.29 is 19.1 Å². The summed E-state index contributed by atoms with van der Waals surface area (Å²) in [4.78, 5) is 24.2. The van der Waals surface area contributed by atoms with Crippen molar-refractivity contribution in [2.24, 2.45) is 5.92 Å². The van der Waals surface area contributed by atoms with Gasteiger partial charge in [0, 0.05) is 5.02 Å². The summed E-state index contributed by atoms with van der Waals surface area (Å²) in [5, 5.41) is 0.577. The van der Waals surface area contributed by atoms with Gasteiger partial charge >= 0.3 is 0 Å². The van der Waals surface area contributed by atoms with Crippen molar-refractivity contribution in [2.75, 3.05) is 13.2 Å². The third-order valence-corrected chi connectivity index (χ3v) is 3.84. The minimum absolute atomic E-state index is 0.242. The molecule has 2 aromatic rings. The van der Waals surface area contributed by atoms with Crippen molar-refractivity contribution in [3.63, 3.8) is 0 Å². The zero-order valence-corrected chi connectivity index (χ0v) is 16.1. The van der Waals surface area contributed by atoms with E-state index >= 15 is 0 Å². The van der Waals surface area contributed by atoms with Crippen LogP contribution < -0.4 is 20.3 Å². The molecule has 7 heteroatoms. The van der Waals surface area contributed by atoms with Gasteiger partial charge in [-0.05, 0) is 48.7 Å². The number of ether oxygens (including phenoxy) is 2. The van der Waals surface area contributed by atoms with Gasteiger partial charge in [0.15, 0.2) is 6.61 Å². The molecule has 0 aliphatic rings. The van der Waals surface area contributed by atoms with Gasteiger partial charge in [-0.15, -0.1) is 0 Å². The molecule has 2 amide bonds. The molecule has 0 aliphatic heterocycles. The van der Waals surface area contributed by atoms with Gasteiger partial charge in [-0.25, -0.2) is 0 Å². The van der Waals surface area contributed by atoms with E-state index in [1.165, 1.54) is 0 Å². The van der Waals surface area contributed by atoms with Crippen LogP contribution in [0, 0.1) is 5.92 Å². The van der Waals surface area contributed by atoms with Gasteiger partial charge in [-0.1, -0.05) is 37.6 Å². The molecule has 0 heterocycles. The molecule has 0 radical (unpaired) electrons. The van der Waals surface area contributed by atoms with E-state index in [-0.39, 0.29) is 6.61 Å². The van der Waals surface area contributed by atoms with Gasteiger partial charge in [0.2, 0.25) is 0 Å². The van der Waals surface area contributed by atoms with Crippen LogP contribution in [-0.2, 0) is 4.79 Å². The van der Waals surface area contributed by atoms with Crippen LogP contribution in [0.3, 0.4) is 0 Å². The molecule has 0 unspecified atom stereocenters. The van der Waals surface area contributed by atoms with Crippen molar-refractivity contribution in [1.82, 2.24) is 10.9 Å². The lowest BCUT2D eigenvalue weighted by molar-refractivity contribution is -0.123. The van der Waals surface area contributed by atoms with E-state index in [2.05, 4.69) is 24.7 Å². The topological polar surface area (TPSA) is 76.7 Å². The summed E-state index contributed by atoms with van der Waals surface area (Å²) in [5.74, 6) is 0.532. The predicted molar refractivity (Wildman–Crippen MR) is 104 cm³/mol. The largest absolute Gasteiger partial charge is 0.493 e. The average Bonchev–Trinajstić information content (AvgIpc) is 2.65. The number of benzene rings is 2. The van der Waals surface area contributed by atoms with Gasteiger partial charge < -0.3 is 9.47 Å². The number of rotatable bonds is 8. The normalized spacial score (nSPS) is 10.4. The summed E-state index contributed by atoms with van der Waals surface area (Å²) < 4.78 is 11.0. The van der Waals surface area contributed by atoms with E-state index in [4.69, 9.17) is 21.1 Å². The van der Waals surface area contributed by atoms with Crippen molar-refractivity contribution in [2.45, 2.75) is 20.3 Å². The molecule has 0 aliphatic carbocycles. The summed E-state index contributed by atoms with van der Waals surface area (Å²) in [7, 11) is 0. The highest BCUT2D eigenvalue weighted by molar-refractivity contribution is 6.30. The highest BCUT2D eigenvalue weighted by Crippen LogP contribution is 2.18.